The van der Waals surface area contributed by atoms with Gasteiger partial charge in [-0.3, -0.25) is 9.59 Å². The predicted molar refractivity (Wildman–Crippen MR) is 145 cm³/mol. The van der Waals surface area contributed by atoms with E-state index in [0.29, 0.717) is 33.9 Å². The van der Waals surface area contributed by atoms with Gasteiger partial charge >= 0.3 is 0 Å². The van der Waals surface area contributed by atoms with Crippen molar-refractivity contribution in [3.05, 3.63) is 39.0 Å². The number of likely N-dealkylation sites (tertiary alicyclic amines) is 1. The van der Waals surface area contributed by atoms with Gasteiger partial charge in [0.1, 0.15) is 17.8 Å². The molecule has 10 heteroatoms. The predicted octanol–water partition coefficient (Wildman–Crippen LogP) is 4.01. The number of hydrogen-bond donors (Lipinski definition) is 3. The summed E-state index contributed by atoms with van der Waals surface area (Å²) in [7, 11) is 3.66. The summed E-state index contributed by atoms with van der Waals surface area (Å²) >= 11 is 1.21. The number of aliphatic hydroxyl groups is 1. The third-order valence-corrected chi connectivity index (χ3v) is 9.29. The third kappa shape index (κ3) is 4.82. The number of carbonyl (C=O) groups is 1. The Morgan fingerprint density at radius 3 is 2.62 bits per heavy atom. The summed E-state index contributed by atoms with van der Waals surface area (Å²) in [5.41, 5.74) is -1.33. The lowest BCUT2D eigenvalue weighted by Gasteiger charge is -2.36. The molecule has 8 nitrogen and oxygen atoms in total. The van der Waals surface area contributed by atoms with Crippen LogP contribution >= 0.6 is 11.3 Å². The number of halogens is 1. The number of hydrogen-bond acceptors (Lipinski definition) is 6. The van der Waals surface area contributed by atoms with E-state index < -0.39 is 16.8 Å². The lowest BCUT2D eigenvalue weighted by atomic mass is 9.76. The van der Waals surface area contributed by atoms with Gasteiger partial charge in [0.15, 0.2) is 11.6 Å². The molecule has 3 aromatic rings. The Hall–Kier alpha value is -2.69. The molecule has 1 fully saturated rings. The first-order valence-corrected chi connectivity index (χ1v) is 13.5. The van der Waals surface area contributed by atoms with Crippen molar-refractivity contribution in [2.75, 3.05) is 26.7 Å². The van der Waals surface area contributed by atoms with Crippen LogP contribution in [0.5, 0.6) is 5.75 Å². The Morgan fingerprint density at radius 2 is 2.03 bits per heavy atom. The van der Waals surface area contributed by atoms with Crippen molar-refractivity contribution in [3.63, 3.8) is 0 Å². The fourth-order valence-electron chi connectivity index (χ4n) is 4.64. The van der Waals surface area contributed by atoms with Gasteiger partial charge in [0.25, 0.3) is 11.5 Å². The Kier molecular flexibility index (Phi) is 7.31. The van der Waals surface area contributed by atoms with Crippen LogP contribution in [-0.4, -0.2) is 63.9 Å². The number of nitrogens with zero attached hydrogens (tertiary/aromatic N) is 2. The van der Waals surface area contributed by atoms with Crippen LogP contribution < -0.4 is 15.6 Å². The average molecular weight is 533 g/mol. The third-order valence-electron chi connectivity index (χ3n) is 7.79. The fraction of sp³-hybridized carbons (Fsp3) is 0.556. The van der Waals surface area contributed by atoms with Crippen LogP contribution in [0.4, 0.5) is 4.39 Å². The second kappa shape index (κ2) is 9.89. The number of ether oxygens (including phenoxy) is 1. The molecule has 3 N–H and O–H groups in total. The van der Waals surface area contributed by atoms with E-state index in [9.17, 15) is 14.7 Å². The molecule has 3 aromatic heterocycles. The number of fused-ring (bicyclic) bond motifs is 1. The first-order valence-electron chi connectivity index (χ1n) is 12.7. The van der Waals surface area contributed by atoms with E-state index in [1.165, 1.54) is 15.9 Å². The molecule has 1 aliphatic rings. The maximum atomic E-state index is 16.2. The van der Waals surface area contributed by atoms with Gasteiger partial charge in [0.05, 0.1) is 15.4 Å². The quantitative estimate of drug-likeness (QED) is 0.407. The van der Waals surface area contributed by atoms with E-state index in [1.54, 1.807) is 47.0 Å². The minimum Gasteiger partial charge on any atom is -0.487 e. The van der Waals surface area contributed by atoms with Gasteiger partial charge in [-0.15, -0.1) is 11.3 Å². The number of rotatable bonds is 8. The highest BCUT2D eigenvalue weighted by molar-refractivity contribution is 7.16. The van der Waals surface area contributed by atoms with Crippen LogP contribution in [0.25, 0.3) is 21.3 Å². The maximum Gasteiger partial charge on any atom is 0.274 e. The van der Waals surface area contributed by atoms with E-state index >= 15 is 4.39 Å². The molecule has 1 atom stereocenters. The monoisotopic (exact) mass is 532 g/mol. The van der Waals surface area contributed by atoms with E-state index in [4.69, 9.17) is 4.74 Å². The SMILES string of the molecule is CCNC(=O)c1cc2c(-c3sc(C(C)(C)C(C)(C)O)c(F)c3OCC3CCCN3C)cn(C)c(=O)c2[nH]1. The molecule has 0 aromatic carbocycles. The standard InChI is InChI=1S/C27H37FN4O4S/c1-8-29-24(33)18-12-16-17(13-32(7)25(34)20(16)30-18)22-21(36-14-15-10-9-11-31(15)6)19(28)23(37-22)26(2,3)27(4,5)35/h12-13,15,30,35H,8-11,14H2,1-7H3,(H,29,33). The molecule has 0 saturated carbocycles. The smallest absolute Gasteiger partial charge is 0.274 e. The van der Waals surface area contributed by atoms with Gasteiger partial charge in [-0.1, -0.05) is 13.8 Å². The maximum absolute atomic E-state index is 16.2. The molecule has 37 heavy (non-hydrogen) atoms. The number of H-pyrrole nitrogens is 1. The minimum absolute atomic E-state index is 0.110. The molecular formula is C27H37FN4O4S. The average Bonchev–Trinajstić information content (AvgIpc) is 3.52. The van der Waals surface area contributed by atoms with Gasteiger partial charge in [0, 0.05) is 42.2 Å². The lowest BCUT2D eigenvalue weighted by Crippen LogP contribution is -2.42. The Morgan fingerprint density at radius 1 is 1.32 bits per heavy atom. The van der Waals surface area contributed by atoms with Crippen molar-refractivity contribution < 1.29 is 19.0 Å². The van der Waals surface area contributed by atoms with Gasteiger partial charge in [-0.2, -0.15) is 0 Å². The highest BCUT2D eigenvalue weighted by Gasteiger charge is 2.42. The van der Waals surface area contributed by atoms with E-state index in [-0.39, 0.29) is 34.5 Å². The lowest BCUT2D eigenvalue weighted by molar-refractivity contribution is 0.00966. The summed E-state index contributed by atoms with van der Waals surface area (Å²) in [4.78, 5) is 31.5. The van der Waals surface area contributed by atoms with Crippen molar-refractivity contribution in [2.45, 2.75) is 64.5 Å². The topological polar surface area (TPSA) is 99.6 Å². The van der Waals surface area contributed by atoms with Crippen LogP contribution in [-0.2, 0) is 12.5 Å². The zero-order valence-electron chi connectivity index (χ0n) is 22.6. The van der Waals surface area contributed by atoms with Crippen LogP contribution in [0.2, 0.25) is 0 Å². The summed E-state index contributed by atoms with van der Waals surface area (Å²) in [5.74, 6) is -0.721. The van der Waals surface area contributed by atoms with Gasteiger partial charge in [-0.05, 0) is 53.3 Å². The number of thiophene rings is 1. The number of carbonyl (C=O) groups excluding carboxylic acids is 1. The summed E-state index contributed by atoms with van der Waals surface area (Å²) in [5, 5.41) is 14.2. The van der Waals surface area contributed by atoms with Crippen molar-refractivity contribution in [1.29, 1.82) is 0 Å². The summed E-state index contributed by atoms with van der Waals surface area (Å²) in [6.45, 7) is 10.5. The Balaban J connectivity index is 1.93. The number of nitrogens with one attached hydrogen (secondary N) is 2. The van der Waals surface area contributed by atoms with Crippen molar-refractivity contribution in [3.8, 4) is 16.2 Å². The fourth-order valence-corrected chi connectivity index (χ4v) is 6.05. The Labute approximate surface area is 220 Å². The molecule has 0 aliphatic carbocycles. The molecule has 4 rings (SSSR count). The number of aryl methyl sites for hydroxylation is 1. The molecule has 1 amide bonds. The van der Waals surface area contributed by atoms with Crippen LogP contribution in [0.15, 0.2) is 17.1 Å². The normalized spacial score (nSPS) is 17.1. The van der Waals surface area contributed by atoms with E-state index in [1.807, 2.05) is 14.0 Å². The number of amides is 1. The van der Waals surface area contributed by atoms with Crippen LogP contribution in [0.3, 0.4) is 0 Å². The summed E-state index contributed by atoms with van der Waals surface area (Å²) in [6, 6.07) is 1.80. The first kappa shape index (κ1) is 27.3. The van der Waals surface area contributed by atoms with Gasteiger partial charge < -0.3 is 29.6 Å². The van der Waals surface area contributed by atoms with Gasteiger partial charge in [0.2, 0.25) is 0 Å². The molecule has 1 unspecified atom stereocenters. The number of pyridine rings is 1. The molecule has 202 valence electrons. The number of aromatic amines is 1. The molecule has 0 bridgehead atoms. The highest BCUT2D eigenvalue weighted by atomic mass is 32.1. The van der Waals surface area contributed by atoms with E-state index in [0.717, 1.165) is 19.4 Å². The molecule has 0 spiro atoms. The first-order chi connectivity index (χ1) is 17.3. The molecule has 1 saturated heterocycles. The number of aromatic nitrogens is 2. The molecule has 1 aliphatic heterocycles. The highest BCUT2D eigenvalue weighted by Crippen LogP contribution is 2.50. The van der Waals surface area contributed by atoms with Crippen molar-refractivity contribution >= 4 is 28.1 Å². The van der Waals surface area contributed by atoms with Crippen LogP contribution in [0.1, 0.15) is 62.8 Å². The van der Waals surface area contributed by atoms with E-state index in [2.05, 4.69) is 15.2 Å². The summed E-state index contributed by atoms with van der Waals surface area (Å²) < 4.78 is 23.8. The van der Waals surface area contributed by atoms with Crippen molar-refractivity contribution in [2.24, 2.45) is 7.05 Å². The second-order valence-corrected chi connectivity index (χ2v) is 12.0. The molecular weight excluding hydrogens is 495 g/mol. The zero-order valence-corrected chi connectivity index (χ0v) is 23.4. The number of likely N-dealkylation sites (N-methyl/N-ethyl adjacent to an activating group) is 1. The summed E-state index contributed by atoms with van der Waals surface area (Å²) in [6.07, 6.45) is 3.69. The van der Waals surface area contributed by atoms with Crippen LogP contribution in [0, 0.1) is 5.82 Å². The largest absolute Gasteiger partial charge is 0.487 e. The second-order valence-electron chi connectivity index (χ2n) is 11.0. The van der Waals surface area contributed by atoms with Crippen molar-refractivity contribution in [1.82, 2.24) is 19.8 Å². The molecule has 4 heterocycles. The zero-order chi connectivity index (χ0) is 27.3. The molecule has 0 radical (unpaired) electrons. The van der Waals surface area contributed by atoms with Gasteiger partial charge in [-0.25, -0.2) is 4.39 Å². The minimum atomic E-state index is -1.21. The Bertz CT molecular complexity index is 1380.